The number of likely N-dealkylation sites (tertiary alicyclic amines) is 1. The summed E-state index contributed by atoms with van der Waals surface area (Å²) >= 11 is 0. The SMILES string of the molecule is O=C(CCCCS(=O)(=O)C1CCCCC1)N[C@H](CN1CCCC1)[C@@H](O)c1ccc2c(c1)OCCO2. The summed E-state index contributed by atoms with van der Waals surface area (Å²) in [4.78, 5) is 15.1. The van der Waals surface area contributed by atoms with Crippen LogP contribution in [0.1, 0.15) is 75.9 Å². The molecule has 1 aliphatic carbocycles. The number of sulfone groups is 1. The first-order valence-corrected chi connectivity index (χ1v) is 14.9. The van der Waals surface area contributed by atoms with Gasteiger partial charge in [0.05, 0.1) is 17.0 Å². The minimum Gasteiger partial charge on any atom is -0.486 e. The Bertz CT molecular complexity index is 941. The molecule has 1 saturated carbocycles. The van der Waals surface area contributed by atoms with Crippen molar-refractivity contribution in [3.63, 3.8) is 0 Å². The molecular weight excluding hydrogens is 468 g/mol. The van der Waals surface area contributed by atoms with E-state index in [1.165, 1.54) is 0 Å². The molecular formula is C26H40N2O6S. The number of unbranched alkanes of at least 4 members (excludes halogenated alkanes) is 1. The predicted octanol–water partition coefficient (Wildman–Crippen LogP) is 2.99. The standard InChI is InChI=1S/C26H40N2O6S/c29-25(10-4-7-17-35(31,32)21-8-2-1-3-9-21)27-22(19-28-13-5-6-14-28)26(30)20-11-12-23-24(18-20)34-16-15-33-23/h11-12,18,21-22,26,30H,1-10,13-17,19H2,(H,27,29)/t22-,26+/m1/s1. The molecule has 0 radical (unpaired) electrons. The molecule has 1 amide bonds. The van der Waals surface area contributed by atoms with E-state index in [0.29, 0.717) is 49.7 Å². The lowest BCUT2D eigenvalue weighted by Gasteiger charge is -2.29. The molecule has 3 aliphatic rings. The Kier molecular flexibility index (Phi) is 9.30. The van der Waals surface area contributed by atoms with Crippen molar-refractivity contribution >= 4 is 15.7 Å². The highest BCUT2D eigenvalue weighted by molar-refractivity contribution is 7.92. The summed E-state index contributed by atoms with van der Waals surface area (Å²) in [6, 6.07) is 4.94. The van der Waals surface area contributed by atoms with Crippen molar-refractivity contribution in [2.24, 2.45) is 0 Å². The Balaban J connectivity index is 1.31. The predicted molar refractivity (Wildman–Crippen MR) is 135 cm³/mol. The number of fused-ring (bicyclic) bond motifs is 1. The molecule has 1 aromatic carbocycles. The maximum atomic E-state index is 12.8. The zero-order chi connectivity index (χ0) is 24.7. The van der Waals surface area contributed by atoms with Crippen LogP contribution in [-0.4, -0.2) is 74.2 Å². The number of benzene rings is 1. The summed E-state index contributed by atoms with van der Waals surface area (Å²) in [5, 5.41) is 14.0. The van der Waals surface area contributed by atoms with Crippen molar-refractivity contribution in [2.75, 3.05) is 38.6 Å². The smallest absolute Gasteiger partial charge is 0.220 e. The third-order valence-electron chi connectivity index (χ3n) is 7.43. The van der Waals surface area contributed by atoms with E-state index < -0.39 is 22.0 Å². The summed E-state index contributed by atoms with van der Waals surface area (Å²) in [6.45, 7) is 3.46. The molecule has 1 saturated heterocycles. The number of carbonyl (C=O) groups excluding carboxylic acids is 1. The van der Waals surface area contributed by atoms with Crippen LogP contribution in [0.5, 0.6) is 11.5 Å². The van der Waals surface area contributed by atoms with Crippen LogP contribution in [-0.2, 0) is 14.6 Å². The van der Waals surface area contributed by atoms with Crippen LogP contribution in [0.2, 0.25) is 0 Å². The van der Waals surface area contributed by atoms with Gasteiger partial charge < -0.3 is 24.8 Å². The number of hydrogen-bond donors (Lipinski definition) is 2. The second-order valence-corrected chi connectivity index (χ2v) is 12.5. The number of nitrogens with zero attached hydrogens (tertiary/aromatic N) is 1. The largest absolute Gasteiger partial charge is 0.486 e. The van der Waals surface area contributed by atoms with Crippen molar-refractivity contribution in [2.45, 2.75) is 81.6 Å². The summed E-state index contributed by atoms with van der Waals surface area (Å²) in [6.07, 6.45) is 7.30. The summed E-state index contributed by atoms with van der Waals surface area (Å²) in [7, 11) is -3.08. The van der Waals surface area contributed by atoms with Crippen LogP contribution in [0, 0.1) is 0 Å². The van der Waals surface area contributed by atoms with Crippen LogP contribution < -0.4 is 14.8 Å². The first-order chi connectivity index (χ1) is 16.9. The van der Waals surface area contributed by atoms with Gasteiger partial charge in [-0.3, -0.25) is 4.79 Å². The molecule has 0 spiro atoms. The Morgan fingerprint density at radius 2 is 1.74 bits per heavy atom. The molecule has 35 heavy (non-hydrogen) atoms. The average molecular weight is 509 g/mol. The van der Waals surface area contributed by atoms with E-state index in [0.717, 1.165) is 58.0 Å². The zero-order valence-electron chi connectivity index (χ0n) is 20.6. The van der Waals surface area contributed by atoms with Crippen LogP contribution >= 0.6 is 0 Å². The van der Waals surface area contributed by atoms with Gasteiger partial charge in [-0.25, -0.2) is 8.42 Å². The van der Waals surface area contributed by atoms with Gasteiger partial charge in [-0.1, -0.05) is 25.3 Å². The second-order valence-electron chi connectivity index (χ2n) is 10.1. The van der Waals surface area contributed by atoms with Gasteiger partial charge in [0.25, 0.3) is 0 Å². The highest BCUT2D eigenvalue weighted by Gasteiger charge is 2.29. The number of nitrogens with one attached hydrogen (secondary N) is 1. The maximum Gasteiger partial charge on any atom is 0.220 e. The Hall–Kier alpha value is -1.84. The Labute approximate surface area is 209 Å². The molecule has 9 heteroatoms. The fourth-order valence-corrected chi connectivity index (χ4v) is 7.39. The van der Waals surface area contributed by atoms with Gasteiger partial charge in [-0.05, 0) is 69.3 Å². The first-order valence-electron chi connectivity index (χ1n) is 13.2. The minimum atomic E-state index is -3.08. The van der Waals surface area contributed by atoms with Crippen molar-refractivity contribution < 1.29 is 27.8 Å². The van der Waals surface area contributed by atoms with E-state index in [9.17, 15) is 18.3 Å². The number of aliphatic hydroxyl groups excluding tert-OH is 1. The van der Waals surface area contributed by atoms with E-state index in [1.807, 2.05) is 6.07 Å². The average Bonchev–Trinajstić information content (AvgIpc) is 3.39. The molecule has 2 aliphatic heterocycles. The van der Waals surface area contributed by atoms with Gasteiger partial charge in [-0.15, -0.1) is 0 Å². The van der Waals surface area contributed by atoms with Gasteiger partial charge >= 0.3 is 0 Å². The number of ether oxygens (including phenoxy) is 2. The van der Waals surface area contributed by atoms with Crippen molar-refractivity contribution in [1.82, 2.24) is 10.2 Å². The molecule has 2 atom stereocenters. The van der Waals surface area contributed by atoms with Gasteiger partial charge in [0, 0.05) is 13.0 Å². The summed E-state index contributed by atoms with van der Waals surface area (Å²) in [5.41, 5.74) is 0.678. The minimum absolute atomic E-state index is 0.152. The highest BCUT2D eigenvalue weighted by atomic mass is 32.2. The number of carbonyl (C=O) groups is 1. The fourth-order valence-electron chi connectivity index (χ4n) is 5.40. The lowest BCUT2D eigenvalue weighted by atomic mass is 10.0. The van der Waals surface area contributed by atoms with Gasteiger partial charge in [-0.2, -0.15) is 0 Å². The topological polar surface area (TPSA) is 105 Å². The molecule has 2 heterocycles. The van der Waals surface area contributed by atoms with E-state index in [4.69, 9.17) is 9.47 Å². The molecule has 2 N–H and O–H groups in total. The molecule has 2 fully saturated rings. The molecule has 8 nitrogen and oxygen atoms in total. The highest BCUT2D eigenvalue weighted by Crippen LogP contribution is 2.33. The lowest BCUT2D eigenvalue weighted by Crippen LogP contribution is -2.46. The number of aliphatic hydroxyl groups is 1. The third-order valence-corrected chi connectivity index (χ3v) is 9.78. The third kappa shape index (κ3) is 7.33. The number of rotatable bonds is 11. The fraction of sp³-hybridized carbons (Fsp3) is 0.731. The molecule has 4 rings (SSSR count). The van der Waals surface area contributed by atoms with Crippen LogP contribution in [0.3, 0.4) is 0 Å². The molecule has 0 aromatic heterocycles. The quantitative estimate of drug-likeness (QED) is 0.443. The molecule has 196 valence electrons. The van der Waals surface area contributed by atoms with E-state index in [1.54, 1.807) is 12.1 Å². The molecule has 0 bridgehead atoms. The Morgan fingerprint density at radius 3 is 2.49 bits per heavy atom. The second kappa shape index (κ2) is 12.4. The van der Waals surface area contributed by atoms with E-state index in [-0.39, 0.29) is 23.3 Å². The number of hydrogen-bond acceptors (Lipinski definition) is 7. The van der Waals surface area contributed by atoms with Crippen LogP contribution in [0.15, 0.2) is 18.2 Å². The van der Waals surface area contributed by atoms with Crippen molar-refractivity contribution in [3.8, 4) is 11.5 Å². The van der Waals surface area contributed by atoms with Crippen LogP contribution in [0.4, 0.5) is 0 Å². The van der Waals surface area contributed by atoms with Gasteiger partial charge in [0.15, 0.2) is 21.3 Å². The lowest BCUT2D eigenvalue weighted by molar-refractivity contribution is -0.123. The first kappa shape index (κ1) is 26.2. The Morgan fingerprint density at radius 1 is 1.03 bits per heavy atom. The van der Waals surface area contributed by atoms with Crippen molar-refractivity contribution in [3.05, 3.63) is 23.8 Å². The monoisotopic (exact) mass is 508 g/mol. The summed E-state index contributed by atoms with van der Waals surface area (Å²) in [5.74, 6) is 1.27. The molecule has 0 unspecified atom stereocenters. The van der Waals surface area contributed by atoms with Gasteiger partial charge in [0.2, 0.25) is 5.91 Å². The zero-order valence-corrected chi connectivity index (χ0v) is 21.4. The normalized spacial score (nSPS) is 20.9. The molecule has 1 aromatic rings. The maximum absolute atomic E-state index is 12.8. The number of amides is 1. The van der Waals surface area contributed by atoms with E-state index >= 15 is 0 Å². The van der Waals surface area contributed by atoms with Gasteiger partial charge in [0.1, 0.15) is 19.3 Å². The summed E-state index contributed by atoms with van der Waals surface area (Å²) < 4.78 is 36.4. The van der Waals surface area contributed by atoms with E-state index in [2.05, 4.69) is 10.2 Å². The van der Waals surface area contributed by atoms with Crippen LogP contribution in [0.25, 0.3) is 0 Å². The van der Waals surface area contributed by atoms with Crippen molar-refractivity contribution in [1.29, 1.82) is 0 Å².